The van der Waals surface area contributed by atoms with Gasteiger partial charge in [-0.1, -0.05) is 49.4 Å². The topological polar surface area (TPSA) is 44.9 Å². The van der Waals surface area contributed by atoms with Crippen LogP contribution in [0.1, 0.15) is 18.9 Å². The van der Waals surface area contributed by atoms with E-state index in [9.17, 15) is 5.26 Å². The Labute approximate surface area is 160 Å². The van der Waals surface area contributed by atoms with Crippen LogP contribution in [-0.4, -0.2) is 34.6 Å². The molecule has 2 aromatic carbocycles. The fourth-order valence-corrected chi connectivity index (χ4v) is 4.16. The zero-order valence-corrected chi connectivity index (χ0v) is 15.9. The van der Waals surface area contributed by atoms with Crippen LogP contribution in [0.5, 0.6) is 0 Å². The first-order chi connectivity index (χ1) is 13.1. The summed E-state index contributed by atoms with van der Waals surface area (Å²) in [6.07, 6.45) is 3.14. The Morgan fingerprint density at radius 2 is 1.89 bits per heavy atom. The Kier molecular flexibility index (Phi) is 4.55. The van der Waals surface area contributed by atoms with Gasteiger partial charge < -0.3 is 9.47 Å². The third-order valence-electron chi connectivity index (χ3n) is 5.45. The summed E-state index contributed by atoms with van der Waals surface area (Å²) >= 11 is 0. The summed E-state index contributed by atoms with van der Waals surface area (Å²) < 4.78 is 2.28. The molecule has 3 aromatic rings. The lowest BCUT2D eigenvalue weighted by Crippen LogP contribution is -2.27. The number of aromatic nitrogens is 2. The third-order valence-corrected chi connectivity index (χ3v) is 5.45. The van der Waals surface area contributed by atoms with E-state index < -0.39 is 0 Å². The zero-order valence-electron chi connectivity index (χ0n) is 15.9. The molecule has 0 aliphatic carbocycles. The Morgan fingerprint density at radius 3 is 2.59 bits per heavy atom. The molecular weight excluding hydrogens is 332 g/mol. The van der Waals surface area contributed by atoms with Crippen molar-refractivity contribution in [1.82, 2.24) is 14.5 Å². The SMILES string of the molecule is CN1CC[C@@](C)(Cn2cnc(-c3ccccc3)c2-c2cccc(C#N)c2)C1. The lowest BCUT2D eigenvalue weighted by molar-refractivity contribution is 0.270. The van der Waals surface area contributed by atoms with E-state index >= 15 is 0 Å². The highest BCUT2D eigenvalue weighted by Gasteiger charge is 2.33. The van der Waals surface area contributed by atoms with Crippen LogP contribution >= 0.6 is 0 Å². The van der Waals surface area contributed by atoms with Crippen molar-refractivity contribution in [2.24, 2.45) is 5.41 Å². The van der Waals surface area contributed by atoms with Crippen LogP contribution in [0.25, 0.3) is 22.5 Å². The quantitative estimate of drug-likeness (QED) is 0.695. The van der Waals surface area contributed by atoms with Crippen LogP contribution < -0.4 is 0 Å². The van der Waals surface area contributed by atoms with Gasteiger partial charge in [-0.05, 0) is 37.6 Å². The first-order valence-electron chi connectivity index (χ1n) is 9.38. The van der Waals surface area contributed by atoms with Gasteiger partial charge in [0.1, 0.15) is 0 Å². The average molecular weight is 356 g/mol. The van der Waals surface area contributed by atoms with Gasteiger partial charge in [-0.25, -0.2) is 4.98 Å². The highest BCUT2D eigenvalue weighted by atomic mass is 15.1. The Hall–Kier alpha value is -2.90. The highest BCUT2D eigenvalue weighted by molar-refractivity contribution is 5.79. The minimum atomic E-state index is 0.227. The highest BCUT2D eigenvalue weighted by Crippen LogP contribution is 2.36. The van der Waals surface area contributed by atoms with Crippen molar-refractivity contribution in [2.45, 2.75) is 19.9 Å². The Bertz CT molecular complexity index is 983. The molecule has 1 saturated heterocycles. The molecule has 1 aromatic heterocycles. The minimum Gasteiger partial charge on any atom is -0.329 e. The lowest BCUT2D eigenvalue weighted by atomic mass is 9.89. The first-order valence-corrected chi connectivity index (χ1v) is 9.38. The normalized spacial score (nSPS) is 19.9. The van der Waals surface area contributed by atoms with Gasteiger partial charge in [-0.15, -0.1) is 0 Å². The molecule has 0 radical (unpaired) electrons. The van der Waals surface area contributed by atoms with E-state index in [0.29, 0.717) is 5.56 Å². The summed E-state index contributed by atoms with van der Waals surface area (Å²) in [4.78, 5) is 7.17. The molecule has 0 N–H and O–H groups in total. The van der Waals surface area contributed by atoms with Gasteiger partial charge in [0, 0.05) is 24.2 Å². The maximum absolute atomic E-state index is 9.34. The van der Waals surface area contributed by atoms with Gasteiger partial charge in [-0.2, -0.15) is 5.26 Å². The molecule has 1 atom stereocenters. The van der Waals surface area contributed by atoms with E-state index in [0.717, 1.165) is 42.1 Å². The Morgan fingerprint density at radius 1 is 1.11 bits per heavy atom. The number of hydrogen-bond donors (Lipinski definition) is 0. The molecule has 1 aliphatic heterocycles. The number of hydrogen-bond acceptors (Lipinski definition) is 3. The second-order valence-corrected chi connectivity index (χ2v) is 7.93. The number of nitrogens with zero attached hydrogens (tertiary/aromatic N) is 4. The molecule has 4 nitrogen and oxygen atoms in total. The van der Waals surface area contributed by atoms with Crippen molar-refractivity contribution in [3.05, 3.63) is 66.5 Å². The van der Waals surface area contributed by atoms with E-state index in [-0.39, 0.29) is 5.41 Å². The fourth-order valence-electron chi connectivity index (χ4n) is 4.16. The summed E-state index contributed by atoms with van der Waals surface area (Å²) in [7, 11) is 2.19. The maximum Gasteiger partial charge on any atom is 0.0991 e. The lowest BCUT2D eigenvalue weighted by Gasteiger charge is -2.25. The van der Waals surface area contributed by atoms with Crippen molar-refractivity contribution >= 4 is 0 Å². The molecule has 27 heavy (non-hydrogen) atoms. The summed E-state index contributed by atoms with van der Waals surface area (Å²) in [5, 5.41) is 9.34. The standard InChI is InChI=1S/C23H24N4/c1-23(11-12-26(2)15-23)16-27-17-25-21(19-8-4-3-5-9-19)22(27)20-10-6-7-18(13-20)14-24/h3-10,13,17H,11-12,15-16H2,1-2H3/t23-/m1/s1. The summed E-state index contributed by atoms with van der Waals surface area (Å²) in [5.41, 5.74) is 5.11. The van der Waals surface area contributed by atoms with E-state index in [1.807, 2.05) is 42.7 Å². The second kappa shape index (κ2) is 7.02. The van der Waals surface area contributed by atoms with Gasteiger partial charge in [-0.3, -0.25) is 0 Å². The Balaban J connectivity index is 1.82. The van der Waals surface area contributed by atoms with E-state index in [1.165, 1.54) is 6.42 Å². The zero-order chi connectivity index (χ0) is 18.9. The van der Waals surface area contributed by atoms with Gasteiger partial charge in [0.25, 0.3) is 0 Å². The number of benzene rings is 2. The number of nitriles is 1. The smallest absolute Gasteiger partial charge is 0.0991 e. The third kappa shape index (κ3) is 3.51. The van der Waals surface area contributed by atoms with Crippen LogP contribution in [0.4, 0.5) is 0 Å². The molecule has 0 bridgehead atoms. The summed E-state index contributed by atoms with van der Waals surface area (Å²) in [6, 6.07) is 20.4. The van der Waals surface area contributed by atoms with Crippen molar-refractivity contribution in [2.75, 3.05) is 20.1 Å². The fraction of sp³-hybridized carbons (Fsp3) is 0.304. The molecule has 0 unspecified atom stereocenters. The van der Waals surface area contributed by atoms with Gasteiger partial charge >= 0.3 is 0 Å². The van der Waals surface area contributed by atoms with Crippen LogP contribution in [-0.2, 0) is 6.54 Å². The predicted molar refractivity (Wildman–Crippen MR) is 108 cm³/mol. The maximum atomic E-state index is 9.34. The van der Waals surface area contributed by atoms with Crippen molar-refractivity contribution < 1.29 is 0 Å². The number of rotatable bonds is 4. The molecule has 0 saturated carbocycles. The van der Waals surface area contributed by atoms with E-state index in [1.54, 1.807) is 0 Å². The molecule has 0 spiro atoms. The molecule has 0 amide bonds. The number of likely N-dealkylation sites (tertiary alicyclic amines) is 1. The molecule has 1 aliphatic rings. The molecular formula is C23H24N4. The van der Waals surface area contributed by atoms with Crippen LogP contribution in [0.15, 0.2) is 60.9 Å². The van der Waals surface area contributed by atoms with Crippen molar-refractivity contribution in [3.8, 4) is 28.6 Å². The van der Waals surface area contributed by atoms with Crippen molar-refractivity contribution in [3.63, 3.8) is 0 Å². The predicted octanol–water partition coefficient (Wildman–Crippen LogP) is 4.43. The minimum absolute atomic E-state index is 0.227. The van der Waals surface area contributed by atoms with Crippen LogP contribution in [0, 0.1) is 16.7 Å². The van der Waals surface area contributed by atoms with Gasteiger partial charge in [0.05, 0.1) is 29.3 Å². The van der Waals surface area contributed by atoms with Crippen LogP contribution in [0.2, 0.25) is 0 Å². The van der Waals surface area contributed by atoms with E-state index in [2.05, 4.69) is 47.7 Å². The largest absolute Gasteiger partial charge is 0.329 e. The second-order valence-electron chi connectivity index (χ2n) is 7.93. The van der Waals surface area contributed by atoms with Gasteiger partial charge in [0.2, 0.25) is 0 Å². The number of imidazole rings is 1. The summed E-state index contributed by atoms with van der Waals surface area (Å²) in [5.74, 6) is 0. The molecule has 2 heterocycles. The average Bonchev–Trinajstić information content (AvgIpc) is 3.25. The van der Waals surface area contributed by atoms with Crippen LogP contribution in [0.3, 0.4) is 0 Å². The molecule has 1 fully saturated rings. The monoisotopic (exact) mass is 356 g/mol. The first kappa shape index (κ1) is 17.5. The van der Waals surface area contributed by atoms with Gasteiger partial charge in [0.15, 0.2) is 0 Å². The molecule has 136 valence electrons. The van der Waals surface area contributed by atoms with E-state index in [4.69, 9.17) is 4.98 Å². The molecule has 4 rings (SSSR count). The van der Waals surface area contributed by atoms with Crippen molar-refractivity contribution in [1.29, 1.82) is 5.26 Å². The summed E-state index contributed by atoms with van der Waals surface area (Å²) in [6.45, 7) is 5.50. The molecule has 4 heteroatoms.